The molecule has 4 atom stereocenters. The van der Waals surface area contributed by atoms with Crippen LogP contribution in [0.15, 0.2) is 36.4 Å². The normalized spacial score (nSPS) is 29.0. The molecule has 1 aliphatic heterocycles. The highest BCUT2D eigenvalue weighted by Gasteiger charge is 2.62. The van der Waals surface area contributed by atoms with E-state index >= 15 is 0 Å². The lowest BCUT2D eigenvalue weighted by molar-refractivity contribution is -0.147. The van der Waals surface area contributed by atoms with Crippen molar-refractivity contribution < 1.29 is 23.5 Å². The fourth-order valence-electron chi connectivity index (χ4n) is 5.11. The van der Waals surface area contributed by atoms with Crippen LogP contribution in [0, 0.1) is 11.7 Å². The SMILES string of the molecule is C[C@]1(C(=O)NC23CCC2C(NC(=O)COc2ccc(Cl)c(F)c2)C3)Cc2cc(Cl)ccc2O1. The number of halogens is 3. The Hall–Kier alpha value is -2.51. The maximum atomic E-state index is 13.5. The number of rotatable bonds is 6. The lowest BCUT2D eigenvalue weighted by atomic mass is 9.50. The first kappa shape index (κ1) is 22.3. The minimum atomic E-state index is -0.988. The molecule has 0 radical (unpaired) electrons. The fourth-order valence-corrected chi connectivity index (χ4v) is 5.42. The average molecular weight is 493 g/mol. The van der Waals surface area contributed by atoms with Gasteiger partial charge in [-0.05, 0) is 56.5 Å². The third-order valence-electron chi connectivity index (χ3n) is 7.02. The van der Waals surface area contributed by atoms with Crippen molar-refractivity contribution in [1.82, 2.24) is 10.6 Å². The van der Waals surface area contributed by atoms with Crippen molar-refractivity contribution in [3.63, 3.8) is 0 Å². The van der Waals surface area contributed by atoms with Gasteiger partial charge in [-0.25, -0.2) is 4.39 Å². The lowest BCUT2D eigenvalue weighted by Crippen LogP contribution is -2.77. The molecule has 174 valence electrons. The summed E-state index contributed by atoms with van der Waals surface area (Å²) < 4.78 is 24.8. The van der Waals surface area contributed by atoms with E-state index in [1.165, 1.54) is 12.1 Å². The smallest absolute Gasteiger partial charge is 0.264 e. The van der Waals surface area contributed by atoms with Crippen molar-refractivity contribution >= 4 is 35.0 Å². The number of hydrogen-bond acceptors (Lipinski definition) is 4. The number of carbonyl (C=O) groups excluding carboxylic acids is 2. The van der Waals surface area contributed by atoms with Gasteiger partial charge in [0.15, 0.2) is 12.2 Å². The van der Waals surface area contributed by atoms with Crippen molar-refractivity contribution in [2.45, 2.75) is 49.8 Å². The molecule has 0 saturated heterocycles. The third kappa shape index (κ3) is 4.02. The molecule has 2 N–H and O–H groups in total. The Morgan fingerprint density at radius 2 is 2.06 bits per heavy atom. The van der Waals surface area contributed by atoms with Gasteiger partial charge < -0.3 is 20.1 Å². The van der Waals surface area contributed by atoms with Crippen LogP contribution in [0.4, 0.5) is 4.39 Å². The summed E-state index contributed by atoms with van der Waals surface area (Å²) in [7, 11) is 0. The number of amides is 2. The van der Waals surface area contributed by atoms with Gasteiger partial charge in [0.05, 0.1) is 5.02 Å². The second kappa shape index (κ2) is 8.06. The summed E-state index contributed by atoms with van der Waals surface area (Å²) in [4.78, 5) is 25.4. The van der Waals surface area contributed by atoms with Crippen molar-refractivity contribution in [2.75, 3.05) is 6.61 Å². The summed E-state index contributed by atoms with van der Waals surface area (Å²) in [6.45, 7) is 1.56. The van der Waals surface area contributed by atoms with E-state index in [-0.39, 0.29) is 46.7 Å². The summed E-state index contributed by atoms with van der Waals surface area (Å²) in [6.07, 6.45) is 2.89. The zero-order valence-electron chi connectivity index (χ0n) is 17.9. The maximum Gasteiger partial charge on any atom is 0.264 e. The van der Waals surface area contributed by atoms with Gasteiger partial charge in [0.1, 0.15) is 17.3 Å². The van der Waals surface area contributed by atoms with Gasteiger partial charge in [0, 0.05) is 40.6 Å². The van der Waals surface area contributed by atoms with Gasteiger partial charge in [-0.1, -0.05) is 23.2 Å². The monoisotopic (exact) mass is 492 g/mol. The van der Waals surface area contributed by atoms with E-state index < -0.39 is 11.4 Å². The van der Waals surface area contributed by atoms with Gasteiger partial charge in [-0.15, -0.1) is 0 Å². The zero-order valence-corrected chi connectivity index (χ0v) is 19.4. The summed E-state index contributed by atoms with van der Waals surface area (Å²) in [6, 6.07) is 9.35. The second-order valence-electron chi connectivity index (χ2n) is 9.26. The van der Waals surface area contributed by atoms with Gasteiger partial charge in [-0.2, -0.15) is 0 Å². The molecule has 33 heavy (non-hydrogen) atoms. The zero-order chi connectivity index (χ0) is 23.4. The predicted molar refractivity (Wildman–Crippen MR) is 121 cm³/mol. The number of nitrogens with one attached hydrogen (secondary N) is 2. The average Bonchev–Trinajstić information content (AvgIpc) is 3.10. The minimum absolute atomic E-state index is 0.00539. The standard InChI is InChI=1S/C24H23Cl2FN2O4/c1-23(10-13-8-14(25)2-5-20(13)33-23)22(31)29-24-7-6-16(24)19(11-24)28-21(30)12-32-15-3-4-17(26)18(27)9-15/h2-5,8-9,16,19H,6-7,10-12H2,1H3,(H,28,30)(H,29,31)/t16?,19?,23-,24?/m1/s1. The molecule has 2 amide bonds. The topological polar surface area (TPSA) is 76.7 Å². The van der Waals surface area contributed by atoms with Crippen LogP contribution >= 0.6 is 23.2 Å². The van der Waals surface area contributed by atoms with Crippen LogP contribution in [0.25, 0.3) is 0 Å². The Balaban J connectivity index is 1.13. The Morgan fingerprint density at radius 3 is 2.76 bits per heavy atom. The maximum absolute atomic E-state index is 13.5. The van der Waals surface area contributed by atoms with Crippen LogP contribution < -0.4 is 20.1 Å². The molecule has 2 saturated carbocycles. The molecular weight excluding hydrogens is 470 g/mol. The highest BCUT2D eigenvalue weighted by molar-refractivity contribution is 6.31. The first-order valence-electron chi connectivity index (χ1n) is 10.8. The molecule has 9 heteroatoms. The molecule has 5 rings (SSSR count). The number of fused-ring (bicyclic) bond motifs is 2. The van der Waals surface area contributed by atoms with Crippen LogP contribution in [-0.2, 0) is 16.0 Å². The molecule has 0 aromatic heterocycles. The van der Waals surface area contributed by atoms with E-state index in [0.717, 1.165) is 24.5 Å². The first-order valence-corrected chi connectivity index (χ1v) is 11.6. The highest BCUT2D eigenvalue weighted by atomic mass is 35.5. The Morgan fingerprint density at radius 1 is 1.24 bits per heavy atom. The van der Waals surface area contributed by atoms with Crippen LogP contribution in [-0.4, -0.2) is 35.6 Å². The van der Waals surface area contributed by atoms with E-state index in [2.05, 4.69) is 10.6 Å². The lowest BCUT2D eigenvalue weighted by Gasteiger charge is -2.63. The molecule has 3 unspecified atom stereocenters. The van der Waals surface area contributed by atoms with Gasteiger partial charge >= 0.3 is 0 Å². The molecule has 6 nitrogen and oxygen atoms in total. The second-order valence-corrected chi connectivity index (χ2v) is 10.1. The highest BCUT2D eigenvalue weighted by Crippen LogP contribution is 2.54. The Kier molecular flexibility index (Phi) is 5.45. The number of carbonyl (C=O) groups is 2. The van der Waals surface area contributed by atoms with Crippen molar-refractivity contribution in [3.05, 3.63) is 57.8 Å². The summed E-state index contributed by atoms with van der Waals surface area (Å²) >= 11 is 11.7. The van der Waals surface area contributed by atoms with Crippen LogP contribution in [0.5, 0.6) is 11.5 Å². The van der Waals surface area contributed by atoms with Gasteiger partial charge in [0.25, 0.3) is 11.8 Å². The predicted octanol–water partition coefficient (Wildman–Crippen LogP) is 4.06. The van der Waals surface area contributed by atoms with E-state index in [4.69, 9.17) is 32.7 Å². The van der Waals surface area contributed by atoms with E-state index in [9.17, 15) is 14.0 Å². The van der Waals surface area contributed by atoms with Crippen LogP contribution in [0.3, 0.4) is 0 Å². The largest absolute Gasteiger partial charge is 0.484 e. The van der Waals surface area contributed by atoms with E-state index in [0.29, 0.717) is 23.6 Å². The number of benzene rings is 2. The molecule has 2 aromatic rings. The fraction of sp³-hybridized carbons (Fsp3) is 0.417. The number of hydrogen-bond donors (Lipinski definition) is 2. The van der Waals surface area contributed by atoms with Crippen LogP contribution in [0.2, 0.25) is 10.0 Å². The van der Waals surface area contributed by atoms with Crippen molar-refractivity contribution in [2.24, 2.45) is 5.92 Å². The molecular formula is C24H23Cl2FN2O4. The van der Waals surface area contributed by atoms with Gasteiger partial charge in [-0.3, -0.25) is 9.59 Å². The molecule has 2 aliphatic carbocycles. The van der Waals surface area contributed by atoms with E-state index in [1.807, 2.05) is 6.07 Å². The Bertz CT molecular complexity index is 1150. The number of ether oxygens (including phenoxy) is 2. The summed E-state index contributed by atoms with van der Waals surface area (Å²) in [5, 5.41) is 6.77. The molecule has 2 aromatic carbocycles. The minimum Gasteiger partial charge on any atom is -0.484 e. The Labute approximate surface area is 200 Å². The molecule has 0 spiro atoms. The summed E-state index contributed by atoms with van der Waals surface area (Å²) in [5.41, 5.74) is -0.381. The quantitative estimate of drug-likeness (QED) is 0.637. The van der Waals surface area contributed by atoms with Gasteiger partial charge in [0.2, 0.25) is 0 Å². The van der Waals surface area contributed by atoms with Crippen molar-refractivity contribution in [3.8, 4) is 11.5 Å². The molecule has 2 fully saturated rings. The summed E-state index contributed by atoms with van der Waals surface area (Å²) in [5.74, 6) is 0.0323. The molecule has 0 bridgehead atoms. The van der Waals surface area contributed by atoms with Crippen molar-refractivity contribution in [1.29, 1.82) is 0 Å². The molecule has 1 heterocycles. The first-order chi connectivity index (χ1) is 15.7. The molecule has 3 aliphatic rings. The van der Waals surface area contributed by atoms with Crippen LogP contribution in [0.1, 0.15) is 31.7 Å². The third-order valence-corrected chi connectivity index (χ3v) is 7.56. The van der Waals surface area contributed by atoms with E-state index in [1.54, 1.807) is 19.1 Å².